The van der Waals surface area contributed by atoms with E-state index in [1.165, 1.54) is 19.0 Å². The molecule has 0 unspecified atom stereocenters. The summed E-state index contributed by atoms with van der Waals surface area (Å²) < 4.78 is 9.12. The maximum Gasteiger partial charge on any atom is 0.354 e. The Hall–Kier alpha value is -3.23. The number of tetrazole rings is 1. The van der Waals surface area contributed by atoms with Gasteiger partial charge in [0.05, 0.1) is 27.3 Å². The molecule has 9 heteroatoms. The first-order valence-corrected chi connectivity index (χ1v) is 6.53. The maximum absolute atomic E-state index is 11.7. The number of aromatic nitrogens is 4. The van der Waals surface area contributed by atoms with Crippen LogP contribution in [0.1, 0.15) is 0 Å². The summed E-state index contributed by atoms with van der Waals surface area (Å²) in [5, 5.41) is 14.6. The number of methoxy groups -OCH3 is 2. The molecule has 0 amide bonds. The van der Waals surface area contributed by atoms with Crippen LogP contribution in [0.5, 0.6) is 0 Å². The summed E-state index contributed by atoms with van der Waals surface area (Å²) in [6, 6.07) is 6.93. The van der Waals surface area contributed by atoms with Gasteiger partial charge in [0.2, 0.25) is 5.82 Å². The molecule has 0 aliphatic carbocycles. The number of hydrogen-bond donors (Lipinski definition) is 1. The summed E-state index contributed by atoms with van der Waals surface area (Å²) in [5.41, 5.74) is 1.31. The van der Waals surface area contributed by atoms with Gasteiger partial charge in [0, 0.05) is 11.3 Å². The fourth-order valence-corrected chi connectivity index (χ4v) is 1.69. The van der Waals surface area contributed by atoms with Crippen molar-refractivity contribution >= 4 is 17.6 Å². The van der Waals surface area contributed by atoms with Crippen LogP contribution in [0.2, 0.25) is 0 Å². The summed E-state index contributed by atoms with van der Waals surface area (Å²) in [6.07, 6.45) is 1.02. The second-order valence-electron chi connectivity index (χ2n) is 4.38. The van der Waals surface area contributed by atoms with Gasteiger partial charge in [-0.2, -0.15) is 4.80 Å². The second kappa shape index (κ2) is 7.16. The van der Waals surface area contributed by atoms with Gasteiger partial charge in [-0.05, 0) is 29.5 Å². The van der Waals surface area contributed by atoms with E-state index in [1.807, 2.05) is 0 Å². The quantitative estimate of drug-likeness (QED) is 0.628. The molecule has 1 heterocycles. The lowest BCUT2D eigenvalue weighted by atomic mass is 10.2. The van der Waals surface area contributed by atoms with Crippen LogP contribution in [0.3, 0.4) is 0 Å². The molecule has 0 atom stereocenters. The molecule has 0 saturated heterocycles. The number of carbonyl (C=O) groups is 2. The molecule has 1 aromatic carbocycles. The molecule has 2 aromatic rings. The van der Waals surface area contributed by atoms with Gasteiger partial charge >= 0.3 is 11.9 Å². The molecule has 0 spiro atoms. The summed E-state index contributed by atoms with van der Waals surface area (Å²) >= 11 is 0. The lowest BCUT2D eigenvalue weighted by molar-refractivity contribution is -0.138. The Balaban J connectivity index is 2.19. The Morgan fingerprint density at radius 1 is 1.17 bits per heavy atom. The first kappa shape index (κ1) is 16.1. The highest BCUT2D eigenvalue weighted by Gasteiger charge is 2.13. The fraction of sp³-hybridized carbons (Fsp3) is 0.214. The number of ether oxygens (including phenoxy) is 2. The zero-order chi connectivity index (χ0) is 16.8. The predicted octanol–water partition coefficient (Wildman–Crippen LogP) is 0.519. The summed E-state index contributed by atoms with van der Waals surface area (Å²) in [7, 11) is 4.11. The van der Waals surface area contributed by atoms with Gasteiger partial charge in [0.25, 0.3) is 0 Å². The van der Waals surface area contributed by atoms with Gasteiger partial charge in [0.15, 0.2) is 0 Å². The third kappa shape index (κ3) is 4.13. The number of aryl methyl sites for hydroxylation is 1. The number of carbonyl (C=O) groups excluding carboxylic acids is 2. The standard InChI is InChI=1S/C14H15N5O4/c1-19-17-13(16-18-19)9-4-6-10(7-5-9)15-11(14(21)23-3)8-12(20)22-2/h4-8,15H,1-3H3/b11-8+. The predicted molar refractivity (Wildman–Crippen MR) is 80.0 cm³/mol. The van der Waals surface area contributed by atoms with Gasteiger partial charge in [-0.15, -0.1) is 10.2 Å². The number of rotatable bonds is 5. The third-order valence-electron chi connectivity index (χ3n) is 2.80. The van der Waals surface area contributed by atoms with Crippen LogP contribution in [-0.4, -0.2) is 46.4 Å². The van der Waals surface area contributed by atoms with Crippen LogP contribution in [0.25, 0.3) is 11.4 Å². The van der Waals surface area contributed by atoms with E-state index in [2.05, 4.69) is 30.2 Å². The molecular formula is C14H15N5O4. The van der Waals surface area contributed by atoms with Crippen LogP contribution in [0.4, 0.5) is 5.69 Å². The van der Waals surface area contributed by atoms with E-state index in [9.17, 15) is 9.59 Å². The zero-order valence-corrected chi connectivity index (χ0v) is 12.8. The normalized spacial score (nSPS) is 11.0. The first-order valence-electron chi connectivity index (χ1n) is 6.53. The second-order valence-corrected chi connectivity index (χ2v) is 4.38. The number of hydrogen-bond acceptors (Lipinski definition) is 8. The van der Waals surface area contributed by atoms with E-state index in [0.29, 0.717) is 11.5 Å². The van der Waals surface area contributed by atoms with Crippen molar-refractivity contribution in [3.8, 4) is 11.4 Å². The van der Waals surface area contributed by atoms with Gasteiger partial charge in [-0.1, -0.05) is 0 Å². The van der Waals surface area contributed by atoms with Crippen molar-refractivity contribution < 1.29 is 19.1 Å². The van der Waals surface area contributed by atoms with E-state index < -0.39 is 11.9 Å². The van der Waals surface area contributed by atoms with E-state index in [4.69, 9.17) is 0 Å². The molecule has 0 radical (unpaired) electrons. The third-order valence-corrected chi connectivity index (χ3v) is 2.80. The Morgan fingerprint density at radius 2 is 1.87 bits per heavy atom. The van der Waals surface area contributed by atoms with E-state index in [0.717, 1.165) is 11.6 Å². The molecule has 0 aliphatic heterocycles. The number of benzene rings is 1. The molecule has 1 aromatic heterocycles. The van der Waals surface area contributed by atoms with Gasteiger partial charge in [0.1, 0.15) is 5.70 Å². The Bertz CT molecular complexity index is 736. The minimum atomic E-state index is -0.685. The van der Waals surface area contributed by atoms with Crippen molar-refractivity contribution in [1.82, 2.24) is 20.2 Å². The highest BCUT2D eigenvalue weighted by Crippen LogP contribution is 2.18. The Morgan fingerprint density at radius 3 is 2.39 bits per heavy atom. The lowest BCUT2D eigenvalue weighted by Crippen LogP contribution is -2.15. The van der Waals surface area contributed by atoms with E-state index in [1.54, 1.807) is 31.3 Å². The molecule has 120 valence electrons. The summed E-state index contributed by atoms with van der Waals surface area (Å²) in [4.78, 5) is 24.3. The van der Waals surface area contributed by atoms with Crippen molar-refractivity contribution in [2.45, 2.75) is 0 Å². The molecule has 23 heavy (non-hydrogen) atoms. The van der Waals surface area contributed by atoms with Crippen LogP contribution < -0.4 is 5.32 Å². The SMILES string of the molecule is COC(=O)/C=C(/Nc1ccc(-c2nnn(C)n2)cc1)C(=O)OC. The largest absolute Gasteiger partial charge is 0.466 e. The molecule has 0 fully saturated rings. The van der Waals surface area contributed by atoms with Crippen molar-refractivity contribution in [3.05, 3.63) is 36.0 Å². The highest BCUT2D eigenvalue weighted by atomic mass is 16.5. The van der Waals surface area contributed by atoms with Crippen molar-refractivity contribution in [3.63, 3.8) is 0 Å². The van der Waals surface area contributed by atoms with Crippen molar-refractivity contribution in [2.75, 3.05) is 19.5 Å². The first-order chi connectivity index (χ1) is 11.0. The van der Waals surface area contributed by atoms with Crippen LogP contribution in [0.15, 0.2) is 36.0 Å². The number of esters is 2. The highest BCUT2D eigenvalue weighted by molar-refractivity contribution is 5.98. The van der Waals surface area contributed by atoms with Crippen LogP contribution in [-0.2, 0) is 26.1 Å². The van der Waals surface area contributed by atoms with E-state index >= 15 is 0 Å². The van der Waals surface area contributed by atoms with Crippen LogP contribution in [0, 0.1) is 0 Å². The molecule has 0 bridgehead atoms. The Labute approximate surface area is 131 Å². The molecule has 0 saturated carbocycles. The smallest absolute Gasteiger partial charge is 0.354 e. The fourth-order valence-electron chi connectivity index (χ4n) is 1.69. The number of nitrogens with one attached hydrogen (secondary N) is 1. The Kier molecular flexibility index (Phi) is 5.03. The van der Waals surface area contributed by atoms with Crippen LogP contribution >= 0.6 is 0 Å². The lowest BCUT2D eigenvalue weighted by Gasteiger charge is -2.09. The molecule has 2 rings (SSSR count). The monoisotopic (exact) mass is 317 g/mol. The minimum Gasteiger partial charge on any atom is -0.466 e. The molecule has 9 nitrogen and oxygen atoms in total. The minimum absolute atomic E-state index is 0.0373. The van der Waals surface area contributed by atoms with Gasteiger partial charge in [-0.25, -0.2) is 9.59 Å². The maximum atomic E-state index is 11.7. The van der Waals surface area contributed by atoms with Gasteiger partial charge < -0.3 is 14.8 Å². The average Bonchev–Trinajstić information content (AvgIpc) is 3.00. The van der Waals surface area contributed by atoms with Crippen molar-refractivity contribution in [1.29, 1.82) is 0 Å². The summed E-state index contributed by atoms with van der Waals surface area (Å²) in [5.74, 6) is -0.870. The topological polar surface area (TPSA) is 108 Å². The average molecular weight is 317 g/mol. The molecular weight excluding hydrogens is 302 g/mol. The summed E-state index contributed by atoms with van der Waals surface area (Å²) in [6.45, 7) is 0. The molecule has 0 aliphatic rings. The van der Waals surface area contributed by atoms with Gasteiger partial charge in [-0.3, -0.25) is 0 Å². The number of nitrogens with zero attached hydrogens (tertiary/aromatic N) is 4. The molecule has 1 N–H and O–H groups in total. The zero-order valence-electron chi connectivity index (χ0n) is 12.8. The van der Waals surface area contributed by atoms with Crippen molar-refractivity contribution in [2.24, 2.45) is 7.05 Å². The number of anilines is 1. The van der Waals surface area contributed by atoms with E-state index in [-0.39, 0.29) is 5.70 Å².